The van der Waals surface area contributed by atoms with Gasteiger partial charge in [-0.05, 0) is 36.8 Å². The van der Waals surface area contributed by atoms with Gasteiger partial charge in [-0.2, -0.15) is 0 Å². The van der Waals surface area contributed by atoms with Gasteiger partial charge in [0.15, 0.2) is 0 Å². The van der Waals surface area contributed by atoms with Crippen molar-refractivity contribution < 1.29 is 19.1 Å². The van der Waals surface area contributed by atoms with Gasteiger partial charge in [-0.25, -0.2) is 4.79 Å². The average molecular weight is 363 g/mol. The Morgan fingerprint density at radius 1 is 1.05 bits per heavy atom. The summed E-state index contributed by atoms with van der Waals surface area (Å²) in [6.07, 6.45) is 0. The van der Waals surface area contributed by atoms with Gasteiger partial charge in [0, 0.05) is 0 Å². The molecular weight excluding hydrogens is 348 g/mol. The summed E-state index contributed by atoms with van der Waals surface area (Å²) in [5.74, 6) is -0.355. The van der Waals surface area contributed by atoms with Crippen LogP contribution < -0.4 is 4.74 Å². The molecule has 4 nitrogen and oxygen atoms in total. The summed E-state index contributed by atoms with van der Waals surface area (Å²) in [5, 5.41) is 0. The number of alkyl halides is 1. The third kappa shape index (κ3) is 4.18. The number of benzene rings is 2. The molecule has 5 heteroatoms. The molecule has 0 aliphatic rings. The van der Waals surface area contributed by atoms with E-state index in [2.05, 4.69) is 15.9 Å². The Hall–Kier alpha value is -2.14. The Bertz CT molecular complexity index is 637. The number of esters is 2. The van der Waals surface area contributed by atoms with E-state index < -0.39 is 10.8 Å². The molecule has 1 atom stereocenters. The van der Waals surface area contributed by atoms with Crippen LogP contribution in [0.15, 0.2) is 54.6 Å². The lowest BCUT2D eigenvalue weighted by Crippen LogP contribution is -2.11. The molecule has 114 valence electrons. The number of hydrogen-bond donors (Lipinski definition) is 0. The maximum Gasteiger partial charge on any atom is 0.343 e. The maximum atomic E-state index is 11.9. The van der Waals surface area contributed by atoms with Gasteiger partial charge in [-0.3, -0.25) is 4.79 Å². The van der Waals surface area contributed by atoms with E-state index in [0.29, 0.717) is 17.9 Å². The fraction of sp³-hybridized carbons (Fsp3) is 0.176. The molecule has 0 N–H and O–H groups in total. The first kappa shape index (κ1) is 16.2. The van der Waals surface area contributed by atoms with E-state index in [0.717, 1.165) is 5.56 Å². The minimum atomic E-state index is -0.536. The van der Waals surface area contributed by atoms with Gasteiger partial charge in [0.1, 0.15) is 10.6 Å². The molecule has 2 rings (SSSR count). The lowest BCUT2D eigenvalue weighted by Gasteiger charge is -2.10. The van der Waals surface area contributed by atoms with Crippen molar-refractivity contribution in [3.05, 3.63) is 65.7 Å². The van der Waals surface area contributed by atoms with Gasteiger partial charge < -0.3 is 9.47 Å². The SMILES string of the molecule is CCOC(=O)C(Br)c1ccc(OC(=O)c2ccccc2)cc1. The highest BCUT2D eigenvalue weighted by atomic mass is 79.9. The zero-order chi connectivity index (χ0) is 15.9. The second kappa shape index (κ2) is 7.75. The zero-order valence-corrected chi connectivity index (χ0v) is 13.6. The molecule has 0 aliphatic carbocycles. The number of rotatable bonds is 5. The van der Waals surface area contributed by atoms with E-state index >= 15 is 0 Å². The second-order valence-electron chi connectivity index (χ2n) is 4.44. The summed E-state index contributed by atoms with van der Waals surface area (Å²) >= 11 is 3.28. The summed E-state index contributed by atoms with van der Waals surface area (Å²) in [7, 11) is 0. The first-order valence-corrected chi connectivity index (χ1v) is 7.71. The Morgan fingerprint density at radius 2 is 1.68 bits per heavy atom. The summed E-state index contributed by atoms with van der Waals surface area (Å²) in [6, 6.07) is 15.5. The Morgan fingerprint density at radius 3 is 2.27 bits per heavy atom. The Balaban J connectivity index is 2.03. The van der Waals surface area contributed by atoms with Crippen LogP contribution in [-0.2, 0) is 9.53 Å². The minimum absolute atomic E-state index is 0.327. The summed E-state index contributed by atoms with van der Waals surface area (Å²) in [4.78, 5) is 23.0. The maximum absolute atomic E-state index is 11.9. The van der Waals surface area contributed by atoms with Crippen LogP contribution in [0.4, 0.5) is 0 Å². The highest BCUT2D eigenvalue weighted by Gasteiger charge is 2.18. The lowest BCUT2D eigenvalue weighted by molar-refractivity contribution is -0.142. The van der Waals surface area contributed by atoms with E-state index in [-0.39, 0.29) is 5.97 Å². The van der Waals surface area contributed by atoms with Crippen molar-refractivity contribution in [2.24, 2.45) is 0 Å². The third-order valence-electron chi connectivity index (χ3n) is 2.89. The van der Waals surface area contributed by atoms with Crippen LogP contribution >= 0.6 is 15.9 Å². The predicted octanol–water partition coefficient (Wildman–Crippen LogP) is 3.90. The van der Waals surface area contributed by atoms with Crippen LogP contribution in [0.3, 0.4) is 0 Å². The first-order valence-electron chi connectivity index (χ1n) is 6.79. The first-order chi connectivity index (χ1) is 10.6. The molecule has 0 bridgehead atoms. The standard InChI is InChI=1S/C17H15BrO4/c1-2-21-17(20)15(18)12-8-10-14(11-9-12)22-16(19)13-6-4-3-5-7-13/h3-11,15H,2H2,1H3. The highest BCUT2D eigenvalue weighted by molar-refractivity contribution is 9.09. The minimum Gasteiger partial charge on any atom is -0.465 e. The van der Waals surface area contributed by atoms with Gasteiger partial charge in [0.2, 0.25) is 0 Å². The topological polar surface area (TPSA) is 52.6 Å². The van der Waals surface area contributed by atoms with Crippen LogP contribution in [0, 0.1) is 0 Å². The van der Waals surface area contributed by atoms with Crippen molar-refractivity contribution in [3.8, 4) is 5.75 Å². The average Bonchev–Trinajstić information content (AvgIpc) is 2.56. The Labute approximate surface area is 137 Å². The molecule has 0 saturated heterocycles. The van der Waals surface area contributed by atoms with E-state index in [1.807, 2.05) is 6.07 Å². The van der Waals surface area contributed by atoms with Crippen LogP contribution in [-0.4, -0.2) is 18.5 Å². The van der Waals surface area contributed by atoms with E-state index in [9.17, 15) is 9.59 Å². The monoisotopic (exact) mass is 362 g/mol. The molecule has 0 radical (unpaired) electrons. The van der Waals surface area contributed by atoms with Gasteiger partial charge in [0.05, 0.1) is 12.2 Å². The quantitative estimate of drug-likeness (QED) is 0.459. The molecule has 0 fully saturated rings. The van der Waals surface area contributed by atoms with E-state index in [1.54, 1.807) is 55.5 Å². The van der Waals surface area contributed by atoms with Gasteiger partial charge in [-0.1, -0.05) is 46.3 Å². The van der Waals surface area contributed by atoms with Gasteiger partial charge in [-0.15, -0.1) is 0 Å². The number of ether oxygens (including phenoxy) is 2. The zero-order valence-electron chi connectivity index (χ0n) is 12.0. The molecule has 1 unspecified atom stereocenters. The molecule has 0 spiro atoms. The number of halogens is 1. The van der Waals surface area contributed by atoms with Gasteiger partial charge in [0.25, 0.3) is 0 Å². The van der Waals surface area contributed by atoms with E-state index in [4.69, 9.17) is 9.47 Å². The predicted molar refractivity (Wildman–Crippen MR) is 86.1 cm³/mol. The van der Waals surface area contributed by atoms with Crippen molar-refractivity contribution in [2.75, 3.05) is 6.61 Å². The summed E-state index contributed by atoms with van der Waals surface area (Å²) < 4.78 is 10.2. The molecule has 22 heavy (non-hydrogen) atoms. The lowest BCUT2D eigenvalue weighted by atomic mass is 10.1. The van der Waals surface area contributed by atoms with Crippen molar-refractivity contribution in [1.82, 2.24) is 0 Å². The van der Waals surface area contributed by atoms with Crippen molar-refractivity contribution in [2.45, 2.75) is 11.8 Å². The van der Waals surface area contributed by atoms with Crippen molar-refractivity contribution >= 4 is 27.9 Å². The second-order valence-corrected chi connectivity index (χ2v) is 5.35. The fourth-order valence-electron chi connectivity index (χ4n) is 1.80. The molecule has 0 aromatic heterocycles. The fourth-order valence-corrected chi connectivity index (χ4v) is 2.23. The van der Waals surface area contributed by atoms with Crippen LogP contribution in [0.2, 0.25) is 0 Å². The molecule has 0 heterocycles. The van der Waals surface area contributed by atoms with Crippen molar-refractivity contribution in [1.29, 1.82) is 0 Å². The van der Waals surface area contributed by atoms with Crippen LogP contribution in [0.5, 0.6) is 5.75 Å². The molecule has 2 aromatic carbocycles. The van der Waals surface area contributed by atoms with Crippen LogP contribution in [0.25, 0.3) is 0 Å². The summed E-state index contributed by atoms with van der Waals surface area (Å²) in [6.45, 7) is 2.08. The van der Waals surface area contributed by atoms with Crippen LogP contribution in [0.1, 0.15) is 27.7 Å². The highest BCUT2D eigenvalue weighted by Crippen LogP contribution is 2.26. The molecule has 0 amide bonds. The third-order valence-corrected chi connectivity index (χ3v) is 3.79. The Kier molecular flexibility index (Phi) is 5.72. The summed E-state index contributed by atoms with van der Waals surface area (Å²) in [5.41, 5.74) is 1.22. The molecule has 0 aliphatic heterocycles. The van der Waals surface area contributed by atoms with E-state index in [1.165, 1.54) is 0 Å². The molecule has 2 aromatic rings. The number of carbonyl (C=O) groups is 2. The number of carbonyl (C=O) groups excluding carboxylic acids is 2. The molecule has 0 saturated carbocycles. The van der Waals surface area contributed by atoms with Crippen molar-refractivity contribution in [3.63, 3.8) is 0 Å². The largest absolute Gasteiger partial charge is 0.465 e. The van der Waals surface area contributed by atoms with Gasteiger partial charge >= 0.3 is 11.9 Å². The smallest absolute Gasteiger partial charge is 0.343 e. The molecular formula is C17H15BrO4. The normalized spacial score (nSPS) is 11.5. The number of hydrogen-bond acceptors (Lipinski definition) is 4.